The summed E-state index contributed by atoms with van der Waals surface area (Å²) in [5.74, 6) is 3.32. The monoisotopic (exact) mass is 355 g/mol. The number of aromatic nitrogens is 3. The molecule has 2 aromatic rings. The van der Waals surface area contributed by atoms with Gasteiger partial charge in [-0.3, -0.25) is 0 Å². The van der Waals surface area contributed by atoms with Crippen molar-refractivity contribution < 1.29 is 4.74 Å². The summed E-state index contributed by atoms with van der Waals surface area (Å²) < 4.78 is 8.13. The van der Waals surface area contributed by atoms with Gasteiger partial charge in [0.25, 0.3) is 0 Å². The molecular formula is C20H29N5O. The van der Waals surface area contributed by atoms with Crippen LogP contribution in [0.2, 0.25) is 0 Å². The van der Waals surface area contributed by atoms with Crippen LogP contribution in [0, 0.1) is 0 Å². The van der Waals surface area contributed by atoms with Crippen LogP contribution in [0.5, 0.6) is 5.75 Å². The summed E-state index contributed by atoms with van der Waals surface area (Å²) in [5.41, 5.74) is 0. The number of nitrogens with zero attached hydrogens (tertiary/aromatic N) is 5. The zero-order valence-electron chi connectivity index (χ0n) is 15.8. The number of hydrogen-bond donors (Lipinski definition) is 0. The van der Waals surface area contributed by atoms with E-state index in [0.29, 0.717) is 18.6 Å². The number of hydrogen-bond acceptors (Lipinski definition) is 5. The number of piperidine rings is 1. The molecule has 2 aliphatic heterocycles. The van der Waals surface area contributed by atoms with Gasteiger partial charge in [0.05, 0.1) is 6.04 Å². The molecule has 6 heteroatoms. The minimum atomic E-state index is 0.430. The van der Waals surface area contributed by atoms with Crippen molar-refractivity contribution in [3.63, 3.8) is 0 Å². The Kier molecular flexibility index (Phi) is 5.22. The molecule has 0 spiro atoms. The predicted molar refractivity (Wildman–Crippen MR) is 101 cm³/mol. The van der Waals surface area contributed by atoms with E-state index in [4.69, 9.17) is 14.8 Å². The highest BCUT2D eigenvalue weighted by atomic mass is 16.5. The lowest BCUT2D eigenvalue weighted by Gasteiger charge is -2.30. The molecule has 3 heterocycles. The molecule has 0 N–H and O–H groups in total. The molecule has 26 heavy (non-hydrogen) atoms. The molecule has 0 radical (unpaired) electrons. The Labute approximate surface area is 155 Å². The summed E-state index contributed by atoms with van der Waals surface area (Å²) in [7, 11) is 4.39. The van der Waals surface area contributed by atoms with Crippen molar-refractivity contribution in [2.24, 2.45) is 0 Å². The second-order valence-corrected chi connectivity index (χ2v) is 7.71. The van der Waals surface area contributed by atoms with Crippen molar-refractivity contribution in [1.29, 1.82) is 0 Å². The number of rotatable bonds is 5. The lowest BCUT2D eigenvalue weighted by atomic mass is 10.0. The molecule has 1 atom stereocenters. The molecule has 0 amide bonds. The normalized spacial score (nSPS) is 22.8. The van der Waals surface area contributed by atoms with Gasteiger partial charge in [-0.05, 0) is 65.1 Å². The number of ether oxygens (including phenoxy) is 1. The van der Waals surface area contributed by atoms with Crippen LogP contribution in [0.25, 0.3) is 0 Å². The molecule has 0 bridgehead atoms. The van der Waals surface area contributed by atoms with Crippen LogP contribution in [0.15, 0.2) is 30.3 Å². The number of likely N-dealkylation sites (tertiary alicyclic amines) is 2. The van der Waals surface area contributed by atoms with E-state index < -0.39 is 0 Å². The Morgan fingerprint density at radius 3 is 2.42 bits per heavy atom. The van der Waals surface area contributed by atoms with E-state index in [1.54, 1.807) is 0 Å². The molecule has 6 nitrogen and oxygen atoms in total. The standard InChI is InChI=1S/C20H29N5O/c1-23-12-9-17(10-13-23)25-20(16-8-11-24(2)14-16)21-19(22-25)15-26-18-6-4-3-5-7-18/h3-7,16-17H,8-15H2,1-2H3. The predicted octanol–water partition coefficient (Wildman–Crippen LogP) is 2.54. The van der Waals surface area contributed by atoms with Crippen LogP contribution in [-0.2, 0) is 6.61 Å². The summed E-state index contributed by atoms with van der Waals surface area (Å²) in [6.45, 7) is 4.90. The van der Waals surface area contributed by atoms with E-state index in [1.165, 1.54) is 6.42 Å². The zero-order chi connectivity index (χ0) is 17.9. The van der Waals surface area contributed by atoms with Crippen LogP contribution in [0.4, 0.5) is 0 Å². The van der Waals surface area contributed by atoms with Gasteiger partial charge < -0.3 is 14.5 Å². The smallest absolute Gasteiger partial charge is 0.188 e. The number of para-hydroxylation sites is 1. The van der Waals surface area contributed by atoms with Gasteiger partial charge in [-0.25, -0.2) is 9.67 Å². The lowest BCUT2D eigenvalue weighted by Crippen LogP contribution is -2.33. The van der Waals surface area contributed by atoms with Gasteiger partial charge in [0.2, 0.25) is 0 Å². The second kappa shape index (κ2) is 7.76. The molecule has 1 aromatic heterocycles. The fraction of sp³-hybridized carbons (Fsp3) is 0.600. The van der Waals surface area contributed by atoms with E-state index in [2.05, 4.69) is 28.6 Å². The maximum absolute atomic E-state index is 5.89. The summed E-state index contributed by atoms with van der Waals surface area (Å²) in [6.07, 6.45) is 3.46. The molecular weight excluding hydrogens is 326 g/mol. The third kappa shape index (κ3) is 3.91. The Balaban J connectivity index is 1.53. The first-order chi connectivity index (χ1) is 12.7. The Morgan fingerprint density at radius 2 is 1.73 bits per heavy atom. The van der Waals surface area contributed by atoms with E-state index in [0.717, 1.165) is 56.4 Å². The lowest BCUT2D eigenvalue weighted by molar-refractivity contribution is 0.206. The van der Waals surface area contributed by atoms with Crippen LogP contribution < -0.4 is 4.74 Å². The third-order valence-corrected chi connectivity index (χ3v) is 5.60. The SMILES string of the molecule is CN1CCC(n2nc(COc3ccccc3)nc2C2CCN(C)C2)CC1. The second-order valence-electron chi connectivity index (χ2n) is 7.71. The molecule has 2 saturated heterocycles. The molecule has 0 aliphatic carbocycles. The third-order valence-electron chi connectivity index (χ3n) is 5.60. The van der Waals surface area contributed by atoms with Crippen molar-refractivity contribution in [2.45, 2.75) is 37.8 Å². The van der Waals surface area contributed by atoms with Crippen molar-refractivity contribution in [2.75, 3.05) is 40.3 Å². The summed E-state index contributed by atoms with van der Waals surface area (Å²) in [4.78, 5) is 9.71. The number of likely N-dealkylation sites (N-methyl/N-ethyl adjacent to an activating group) is 1. The van der Waals surface area contributed by atoms with Crippen LogP contribution in [0.1, 0.15) is 42.9 Å². The van der Waals surface area contributed by atoms with Crippen molar-refractivity contribution in [1.82, 2.24) is 24.6 Å². The van der Waals surface area contributed by atoms with E-state index in [1.807, 2.05) is 30.3 Å². The Hall–Kier alpha value is -1.92. The van der Waals surface area contributed by atoms with E-state index >= 15 is 0 Å². The van der Waals surface area contributed by atoms with Gasteiger partial charge in [0.15, 0.2) is 5.82 Å². The minimum Gasteiger partial charge on any atom is -0.486 e. The highest BCUT2D eigenvalue weighted by molar-refractivity contribution is 5.21. The highest BCUT2D eigenvalue weighted by Crippen LogP contribution is 2.30. The number of benzene rings is 1. The Bertz CT molecular complexity index is 708. The average Bonchev–Trinajstić information content (AvgIpc) is 3.28. The van der Waals surface area contributed by atoms with E-state index in [-0.39, 0.29) is 0 Å². The van der Waals surface area contributed by atoms with E-state index in [9.17, 15) is 0 Å². The molecule has 2 fully saturated rings. The van der Waals surface area contributed by atoms with Gasteiger partial charge in [0, 0.05) is 12.5 Å². The van der Waals surface area contributed by atoms with Crippen molar-refractivity contribution >= 4 is 0 Å². The largest absolute Gasteiger partial charge is 0.486 e. The molecule has 1 unspecified atom stereocenters. The summed E-state index contributed by atoms with van der Waals surface area (Å²) in [6, 6.07) is 10.4. The first-order valence-electron chi connectivity index (χ1n) is 9.69. The fourth-order valence-electron chi connectivity index (χ4n) is 4.04. The molecule has 1 aromatic carbocycles. The van der Waals surface area contributed by atoms with Gasteiger partial charge in [-0.1, -0.05) is 18.2 Å². The minimum absolute atomic E-state index is 0.430. The zero-order valence-corrected chi connectivity index (χ0v) is 15.8. The highest BCUT2D eigenvalue weighted by Gasteiger charge is 2.30. The summed E-state index contributed by atoms with van der Waals surface area (Å²) >= 11 is 0. The molecule has 2 aliphatic rings. The van der Waals surface area contributed by atoms with Crippen LogP contribution >= 0.6 is 0 Å². The van der Waals surface area contributed by atoms with Crippen molar-refractivity contribution in [3.05, 3.63) is 42.0 Å². The van der Waals surface area contributed by atoms with Crippen molar-refractivity contribution in [3.8, 4) is 5.75 Å². The first kappa shape index (κ1) is 17.5. The topological polar surface area (TPSA) is 46.4 Å². The van der Waals surface area contributed by atoms with Gasteiger partial charge >= 0.3 is 0 Å². The molecule has 140 valence electrons. The summed E-state index contributed by atoms with van der Waals surface area (Å²) in [5, 5.41) is 4.89. The first-order valence-corrected chi connectivity index (χ1v) is 9.69. The Morgan fingerprint density at radius 1 is 1.00 bits per heavy atom. The van der Waals surface area contributed by atoms with Crippen LogP contribution in [0.3, 0.4) is 0 Å². The maximum Gasteiger partial charge on any atom is 0.188 e. The van der Waals surface area contributed by atoms with Gasteiger partial charge in [-0.2, -0.15) is 5.10 Å². The van der Waals surface area contributed by atoms with Gasteiger partial charge in [-0.15, -0.1) is 0 Å². The molecule has 4 rings (SSSR count). The molecule has 0 saturated carbocycles. The van der Waals surface area contributed by atoms with Crippen LogP contribution in [-0.4, -0.2) is 64.8 Å². The maximum atomic E-state index is 5.89. The fourth-order valence-corrected chi connectivity index (χ4v) is 4.04. The quantitative estimate of drug-likeness (QED) is 0.825. The average molecular weight is 355 g/mol. The van der Waals surface area contributed by atoms with Gasteiger partial charge in [0.1, 0.15) is 18.2 Å².